The molecule has 2 fully saturated rings. The fourth-order valence-corrected chi connectivity index (χ4v) is 4.52. The molecule has 7 heteroatoms. The van der Waals surface area contributed by atoms with Crippen LogP contribution in [-0.2, 0) is 5.41 Å². The van der Waals surface area contributed by atoms with Crippen LogP contribution in [0.5, 0.6) is 11.5 Å². The van der Waals surface area contributed by atoms with Crippen LogP contribution < -0.4 is 14.8 Å². The van der Waals surface area contributed by atoms with Crippen molar-refractivity contribution < 1.29 is 14.6 Å². The van der Waals surface area contributed by atoms with Crippen LogP contribution in [-0.4, -0.2) is 62.5 Å². The molecule has 6 nitrogen and oxygen atoms in total. The van der Waals surface area contributed by atoms with Gasteiger partial charge in [-0.1, -0.05) is 25.3 Å². The molecule has 29 heavy (non-hydrogen) atoms. The van der Waals surface area contributed by atoms with Gasteiger partial charge in [0.25, 0.3) is 0 Å². The van der Waals surface area contributed by atoms with Crippen LogP contribution in [0.15, 0.2) is 23.2 Å². The largest absolute Gasteiger partial charge is 0.493 e. The van der Waals surface area contributed by atoms with Crippen LogP contribution in [0.2, 0.25) is 0 Å². The molecule has 0 unspecified atom stereocenters. The Hall–Kier alpha value is -1.22. The molecule has 1 aromatic rings. The van der Waals surface area contributed by atoms with Crippen molar-refractivity contribution in [2.75, 3.05) is 40.4 Å². The summed E-state index contributed by atoms with van der Waals surface area (Å²) in [5.41, 5.74) is 1.31. The highest BCUT2D eigenvalue weighted by Crippen LogP contribution is 2.42. The molecule has 1 atom stereocenters. The van der Waals surface area contributed by atoms with Crippen LogP contribution in [0, 0.1) is 0 Å². The molecule has 0 aromatic heterocycles. The lowest BCUT2D eigenvalue weighted by Gasteiger charge is -2.37. The molecule has 1 heterocycles. The Morgan fingerprint density at radius 1 is 1.21 bits per heavy atom. The average molecular weight is 517 g/mol. The molecule has 0 amide bonds. The Labute approximate surface area is 192 Å². The Kier molecular flexibility index (Phi) is 9.33. The number of hydrogen-bond donors (Lipinski definition) is 2. The molecule has 1 aliphatic carbocycles. The summed E-state index contributed by atoms with van der Waals surface area (Å²) >= 11 is 0. The minimum absolute atomic E-state index is 0. The topological polar surface area (TPSA) is 66.3 Å². The van der Waals surface area contributed by atoms with Gasteiger partial charge >= 0.3 is 0 Å². The normalized spacial score (nSPS) is 21.4. The van der Waals surface area contributed by atoms with Gasteiger partial charge in [0.1, 0.15) is 0 Å². The monoisotopic (exact) mass is 517 g/mol. The van der Waals surface area contributed by atoms with Gasteiger partial charge in [0.05, 0.1) is 26.9 Å². The number of halogens is 1. The number of hydrogen-bond acceptors (Lipinski definition) is 4. The van der Waals surface area contributed by atoms with Crippen molar-refractivity contribution in [1.82, 2.24) is 10.2 Å². The number of aliphatic hydroxyl groups is 1. The second-order valence-electron chi connectivity index (χ2n) is 7.97. The van der Waals surface area contributed by atoms with E-state index in [2.05, 4.69) is 29.3 Å². The third-order valence-electron chi connectivity index (χ3n) is 6.14. The summed E-state index contributed by atoms with van der Waals surface area (Å²) in [5.74, 6) is 2.47. The molecule has 0 radical (unpaired) electrons. The van der Waals surface area contributed by atoms with E-state index < -0.39 is 0 Å². The fourth-order valence-electron chi connectivity index (χ4n) is 4.52. The maximum absolute atomic E-state index is 9.92. The van der Waals surface area contributed by atoms with Gasteiger partial charge in [-0.05, 0) is 43.9 Å². The van der Waals surface area contributed by atoms with Gasteiger partial charge in [0.15, 0.2) is 17.5 Å². The van der Waals surface area contributed by atoms with E-state index in [0.717, 1.165) is 56.4 Å². The number of nitrogens with one attached hydrogen (secondary N) is 1. The maximum Gasteiger partial charge on any atom is 0.194 e. The van der Waals surface area contributed by atoms with E-state index in [-0.39, 0.29) is 35.5 Å². The number of aliphatic hydroxyl groups excluding tert-OH is 1. The molecule has 3 rings (SSSR count). The van der Waals surface area contributed by atoms with E-state index in [1.807, 2.05) is 6.07 Å². The first kappa shape index (κ1) is 24.1. The van der Waals surface area contributed by atoms with E-state index in [1.54, 1.807) is 14.2 Å². The summed E-state index contributed by atoms with van der Waals surface area (Å²) in [6, 6.07) is 6.32. The lowest BCUT2D eigenvalue weighted by molar-refractivity contribution is 0.187. The SMILES string of the molecule is CCNC(=NCC1(c2ccc(OC)c(OC)c2)CCCCC1)N1CC[C@@H](O)C1.I. The van der Waals surface area contributed by atoms with E-state index in [0.29, 0.717) is 6.54 Å². The Morgan fingerprint density at radius 3 is 2.52 bits per heavy atom. The molecule has 1 aliphatic heterocycles. The van der Waals surface area contributed by atoms with Gasteiger partial charge in [0.2, 0.25) is 0 Å². The van der Waals surface area contributed by atoms with E-state index in [9.17, 15) is 5.11 Å². The predicted molar refractivity (Wildman–Crippen MR) is 128 cm³/mol. The lowest BCUT2D eigenvalue weighted by atomic mass is 9.69. The zero-order valence-corrected chi connectivity index (χ0v) is 20.3. The van der Waals surface area contributed by atoms with Gasteiger partial charge in [-0.25, -0.2) is 0 Å². The summed E-state index contributed by atoms with van der Waals surface area (Å²) in [6.07, 6.45) is 6.56. The second-order valence-corrected chi connectivity index (χ2v) is 7.97. The van der Waals surface area contributed by atoms with Crippen molar-refractivity contribution in [3.8, 4) is 11.5 Å². The van der Waals surface area contributed by atoms with Gasteiger partial charge in [0, 0.05) is 25.0 Å². The zero-order chi connectivity index (χ0) is 20.0. The van der Waals surface area contributed by atoms with E-state index in [4.69, 9.17) is 14.5 Å². The number of benzene rings is 1. The first-order chi connectivity index (χ1) is 13.6. The van der Waals surface area contributed by atoms with Crippen LogP contribution in [0.25, 0.3) is 0 Å². The van der Waals surface area contributed by atoms with Gasteiger partial charge in [-0.15, -0.1) is 24.0 Å². The smallest absolute Gasteiger partial charge is 0.194 e. The first-order valence-electron chi connectivity index (χ1n) is 10.6. The lowest BCUT2D eigenvalue weighted by Crippen LogP contribution is -2.42. The van der Waals surface area contributed by atoms with Crippen molar-refractivity contribution in [3.05, 3.63) is 23.8 Å². The molecule has 0 spiro atoms. The highest BCUT2D eigenvalue weighted by Gasteiger charge is 2.35. The van der Waals surface area contributed by atoms with Gasteiger partial charge < -0.3 is 24.8 Å². The minimum atomic E-state index is -0.252. The van der Waals surface area contributed by atoms with Crippen LogP contribution in [0.4, 0.5) is 0 Å². The highest BCUT2D eigenvalue weighted by molar-refractivity contribution is 14.0. The molecule has 2 aliphatic rings. The second kappa shape index (κ2) is 11.2. The summed E-state index contributed by atoms with van der Waals surface area (Å²) < 4.78 is 11.0. The summed E-state index contributed by atoms with van der Waals surface area (Å²) in [5, 5.41) is 13.3. The van der Waals surface area contributed by atoms with Gasteiger partial charge in [-0.3, -0.25) is 4.99 Å². The van der Waals surface area contributed by atoms with E-state index in [1.165, 1.54) is 24.8 Å². The number of rotatable bonds is 6. The summed E-state index contributed by atoms with van der Waals surface area (Å²) in [7, 11) is 3.36. The Morgan fingerprint density at radius 2 is 1.93 bits per heavy atom. The Bertz CT molecular complexity index is 677. The number of β-amino-alcohol motifs (C(OH)–C–C–N with tert-alkyl or cyclic N) is 1. The van der Waals surface area contributed by atoms with Crippen LogP contribution in [0.1, 0.15) is 51.0 Å². The standard InChI is InChI=1S/C22H35N3O3.HI/c1-4-23-21(25-13-10-18(26)15-25)24-16-22(11-6-5-7-12-22)17-8-9-19(27-2)20(14-17)28-3;/h8-9,14,18,26H,4-7,10-13,15-16H2,1-3H3,(H,23,24);1H/t18-;/m1./s1. The number of nitrogens with zero attached hydrogens (tertiary/aromatic N) is 2. The Balaban J connectivity index is 0.00000300. The number of aliphatic imine (C=N–C) groups is 1. The molecule has 2 N–H and O–H groups in total. The third kappa shape index (κ3) is 5.69. The summed E-state index contributed by atoms with van der Waals surface area (Å²) in [4.78, 5) is 7.23. The maximum atomic E-state index is 9.92. The molecule has 164 valence electrons. The quantitative estimate of drug-likeness (QED) is 0.343. The number of likely N-dealkylation sites (tertiary alicyclic amines) is 1. The molecule has 1 aromatic carbocycles. The van der Waals surface area contributed by atoms with Crippen LogP contribution >= 0.6 is 24.0 Å². The predicted octanol–water partition coefficient (Wildman–Crippen LogP) is 3.56. The van der Waals surface area contributed by atoms with Gasteiger partial charge in [-0.2, -0.15) is 0 Å². The van der Waals surface area contributed by atoms with E-state index >= 15 is 0 Å². The zero-order valence-electron chi connectivity index (χ0n) is 17.9. The van der Waals surface area contributed by atoms with Crippen molar-refractivity contribution in [2.24, 2.45) is 4.99 Å². The van der Waals surface area contributed by atoms with Crippen molar-refractivity contribution in [3.63, 3.8) is 0 Å². The van der Waals surface area contributed by atoms with Crippen molar-refractivity contribution >= 4 is 29.9 Å². The van der Waals surface area contributed by atoms with Crippen LogP contribution in [0.3, 0.4) is 0 Å². The molecular formula is C22H36IN3O3. The molecule has 1 saturated carbocycles. The molecular weight excluding hydrogens is 481 g/mol. The number of methoxy groups -OCH3 is 2. The molecule has 0 bridgehead atoms. The number of guanidine groups is 1. The van der Waals surface area contributed by atoms with Crippen molar-refractivity contribution in [1.29, 1.82) is 0 Å². The molecule has 1 saturated heterocycles. The fraction of sp³-hybridized carbons (Fsp3) is 0.682. The number of ether oxygens (including phenoxy) is 2. The first-order valence-corrected chi connectivity index (χ1v) is 10.6. The average Bonchev–Trinajstić information content (AvgIpc) is 3.17. The highest BCUT2D eigenvalue weighted by atomic mass is 127. The summed E-state index contributed by atoms with van der Waals surface area (Å²) in [6.45, 7) is 5.19. The third-order valence-corrected chi connectivity index (χ3v) is 6.14. The van der Waals surface area contributed by atoms with Crippen molar-refractivity contribution in [2.45, 2.75) is 57.0 Å². The minimum Gasteiger partial charge on any atom is -0.493 e.